The average Bonchev–Trinajstić information content (AvgIpc) is 3.57. The zero-order valence-electron chi connectivity index (χ0n) is 36.4. The second-order valence-corrected chi connectivity index (χ2v) is 20.7. The van der Waals surface area contributed by atoms with E-state index in [2.05, 4.69) is 24.5 Å². The van der Waals surface area contributed by atoms with Crippen LogP contribution in [0, 0.1) is 46.3 Å². The molecule has 12 nitrogen and oxygen atoms in total. The van der Waals surface area contributed by atoms with Gasteiger partial charge in [0.25, 0.3) is 0 Å². The van der Waals surface area contributed by atoms with Crippen LogP contribution in [0.3, 0.4) is 0 Å². The summed E-state index contributed by atoms with van der Waals surface area (Å²) >= 11 is 0. The smallest absolute Gasteiger partial charge is 0.182 e. The van der Waals surface area contributed by atoms with Crippen LogP contribution in [0.25, 0.3) is 0 Å². The first kappa shape index (κ1) is 45.2. The molecule has 5 fully saturated rings. The Morgan fingerprint density at radius 2 is 1.81 bits per heavy atom. The number of fused-ring (bicyclic) bond motifs is 6. The van der Waals surface area contributed by atoms with Gasteiger partial charge >= 0.3 is 0 Å². The standard InChI is InChI=1S/C47H77N3O9/c1-6-8-28-10-13-30-27(3)42(59-36(30)14-11-28)43(56)45(5,57)37-18-21-47(58)39-31(17-19-44(37,47)4)46(20-16-29-12-15-38(48)50-33(29)9-7-22-51)24-35(54)34(53)23-32(46)41(55)40(39)49-25-26(2)52/h12,15,26-28,30-32,34-38,42-43,49-54,56-58H,6-11,13-14,16-25,48H2,1-5H3/t26-,27-,28+,30-,31-,32-,34+,35-,36+,37-,38?,42+,43+,44+,45+,46+,47+/m0/s1. The van der Waals surface area contributed by atoms with Crippen molar-refractivity contribution in [3.8, 4) is 0 Å². The Morgan fingerprint density at radius 3 is 2.53 bits per heavy atom. The Hall–Kier alpha value is -1.87. The molecule has 2 aliphatic heterocycles. The summed E-state index contributed by atoms with van der Waals surface area (Å²) in [5, 5.41) is 87.9. The molecule has 0 aromatic rings. The Balaban J connectivity index is 1.23. The summed E-state index contributed by atoms with van der Waals surface area (Å²) in [7, 11) is 0. The fourth-order valence-electron chi connectivity index (χ4n) is 14.1. The molecule has 0 aromatic heterocycles. The fraction of sp³-hybridized carbons (Fsp3) is 0.851. The van der Waals surface area contributed by atoms with E-state index >= 15 is 4.79 Å². The summed E-state index contributed by atoms with van der Waals surface area (Å²) in [5.74, 6) is -0.638. The first-order valence-electron chi connectivity index (χ1n) is 23.3. The number of nitrogens with one attached hydrogen (secondary N) is 2. The Kier molecular flexibility index (Phi) is 13.3. The highest BCUT2D eigenvalue weighted by atomic mass is 16.5. The van der Waals surface area contributed by atoms with E-state index in [0.29, 0.717) is 62.4 Å². The maximum atomic E-state index is 15.1. The maximum Gasteiger partial charge on any atom is 0.182 e. The van der Waals surface area contributed by atoms with Crippen molar-refractivity contribution >= 4 is 5.78 Å². The van der Waals surface area contributed by atoms with Gasteiger partial charge in [-0.05, 0) is 150 Å². The van der Waals surface area contributed by atoms with Crippen LogP contribution in [0.5, 0.6) is 0 Å². The number of aliphatic hydroxyl groups is 7. The molecule has 1 unspecified atom stereocenters. The van der Waals surface area contributed by atoms with Gasteiger partial charge < -0.3 is 56.8 Å². The maximum absolute atomic E-state index is 15.1. The fourth-order valence-corrected chi connectivity index (χ4v) is 14.1. The predicted octanol–water partition coefficient (Wildman–Crippen LogP) is 3.84. The van der Waals surface area contributed by atoms with Crippen LogP contribution >= 0.6 is 0 Å². The monoisotopic (exact) mass is 828 g/mol. The van der Waals surface area contributed by atoms with Crippen LogP contribution < -0.4 is 16.4 Å². The van der Waals surface area contributed by atoms with Crippen LogP contribution in [0.1, 0.15) is 137 Å². The molecule has 17 atom stereocenters. The third kappa shape index (κ3) is 7.81. The molecule has 4 saturated carbocycles. The van der Waals surface area contributed by atoms with Gasteiger partial charge in [-0.1, -0.05) is 46.1 Å². The molecule has 7 aliphatic rings. The SMILES string of the molecule is CCC[C@@H]1CC[C@H]2[C@H](C)[C@H]([C@@H](O)[C@](C)(O)[C@H]3CC[C@@]4(O)C5=C(NC[C@H](C)O)C(=O)[C@@H]6C[C@@H](O)[C@@H](O)C[C@]6(CCC6=C(CCCO)NC(N)C=C6)[C@H]5CC[C@]34C)O[C@@H]2CC1. The van der Waals surface area contributed by atoms with Gasteiger partial charge in [0.05, 0.1) is 53.6 Å². The van der Waals surface area contributed by atoms with Crippen molar-refractivity contribution in [2.75, 3.05) is 13.2 Å². The minimum Gasteiger partial charge on any atom is -0.396 e. The van der Waals surface area contributed by atoms with Crippen LogP contribution in [0.15, 0.2) is 34.7 Å². The highest BCUT2D eigenvalue weighted by molar-refractivity contribution is 6.00. The van der Waals surface area contributed by atoms with E-state index in [-0.39, 0.29) is 68.0 Å². The number of hydrogen-bond acceptors (Lipinski definition) is 12. The molecule has 2 heterocycles. The van der Waals surface area contributed by atoms with Crippen molar-refractivity contribution in [1.29, 1.82) is 0 Å². The highest BCUT2D eigenvalue weighted by Crippen LogP contribution is 2.70. The minimum atomic E-state index is -1.62. The summed E-state index contributed by atoms with van der Waals surface area (Å²) in [5.41, 5.74) is 4.17. The van der Waals surface area contributed by atoms with E-state index < -0.39 is 64.4 Å². The van der Waals surface area contributed by atoms with Gasteiger partial charge in [-0.15, -0.1) is 0 Å². The van der Waals surface area contributed by atoms with E-state index in [9.17, 15) is 35.7 Å². The number of carbonyl (C=O) groups is 1. The van der Waals surface area contributed by atoms with Gasteiger partial charge in [0, 0.05) is 30.2 Å². The number of hydrogen-bond donors (Lipinski definition) is 10. The molecule has 0 amide bonds. The molecule has 7 rings (SSSR count). The van der Waals surface area contributed by atoms with Crippen molar-refractivity contribution in [2.24, 2.45) is 52.1 Å². The molecule has 0 bridgehead atoms. The minimum absolute atomic E-state index is 0.0377. The quantitative estimate of drug-likeness (QED) is 0.121. The van der Waals surface area contributed by atoms with E-state index in [1.165, 1.54) is 19.3 Å². The largest absolute Gasteiger partial charge is 0.396 e. The van der Waals surface area contributed by atoms with Gasteiger partial charge in [0.2, 0.25) is 0 Å². The van der Waals surface area contributed by atoms with Gasteiger partial charge in [-0.2, -0.15) is 0 Å². The van der Waals surface area contributed by atoms with Crippen molar-refractivity contribution in [3.63, 3.8) is 0 Å². The van der Waals surface area contributed by atoms with Gasteiger partial charge in [0.1, 0.15) is 6.10 Å². The van der Waals surface area contributed by atoms with Crippen LogP contribution in [0.4, 0.5) is 0 Å². The molecule has 5 aliphatic carbocycles. The topological polar surface area (TPSA) is 218 Å². The number of dihydropyridines is 1. The van der Waals surface area contributed by atoms with Crippen molar-refractivity contribution in [3.05, 3.63) is 34.7 Å². The molecule has 0 spiro atoms. The summed E-state index contributed by atoms with van der Waals surface area (Å²) < 4.78 is 6.72. The number of ether oxygens (including phenoxy) is 1. The Morgan fingerprint density at radius 1 is 1.07 bits per heavy atom. The second kappa shape index (κ2) is 17.4. The van der Waals surface area contributed by atoms with E-state index in [0.717, 1.165) is 30.5 Å². The molecule has 12 heteroatoms. The predicted molar refractivity (Wildman–Crippen MR) is 225 cm³/mol. The molecule has 0 radical (unpaired) electrons. The average molecular weight is 828 g/mol. The molecule has 59 heavy (non-hydrogen) atoms. The number of allylic oxidation sites excluding steroid dienone is 4. The lowest BCUT2D eigenvalue weighted by molar-refractivity contribution is -0.199. The van der Waals surface area contributed by atoms with Gasteiger partial charge in [0.15, 0.2) is 5.78 Å². The number of carbonyl (C=O) groups excluding carboxylic acids is 1. The third-order valence-electron chi connectivity index (χ3n) is 17.3. The first-order chi connectivity index (χ1) is 27.9. The number of aliphatic hydroxyl groups excluding tert-OH is 5. The first-order valence-corrected chi connectivity index (χ1v) is 23.3. The Bertz CT molecular complexity index is 1630. The van der Waals surface area contributed by atoms with E-state index in [1.807, 2.05) is 19.1 Å². The van der Waals surface area contributed by atoms with Crippen LogP contribution in [-0.4, -0.2) is 109 Å². The second-order valence-electron chi connectivity index (χ2n) is 20.7. The number of nitrogens with two attached hydrogens (primary N) is 1. The van der Waals surface area contributed by atoms with E-state index in [1.54, 1.807) is 13.8 Å². The lowest BCUT2D eigenvalue weighted by Gasteiger charge is -2.62. The Labute approximate surface area is 352 Å². The molecule has 11 N–H and O–H groups in total. The van der Waals surface area contributed by atoms with E-state index in [4.69, 9.17) is 10.5 Å². The molecular formula is C47H77N3O9. The third-order valence-corrected chi connectivity index (χ3v) is 17.3. The summed E-state index contributed by atoms with van der Waals surface area (Å²) in [6.45, 7) is 9.91. The number of rotatable bonds is 14. The van der Waals surface area contributed by atoms with Crippen molar-refractivity contribution in [1.82, 2.24) is 10.6 Å². The number of ketones is 1. The van der Waals surface area contributed by atoms with Gasteiger partial charge in [-0.3, -0.25) is 4.79 Å². The zero-order valence-corrected chi connectivity index (χ0v) is 36.4. The van der Waals surface area contributed by atoms with Crippen molar-refractivity contribution in [2.45, 2.75) is 191 Å². The lowest BCUT2D eigenvalue weighted by Crippen LogP contribution is -2.65. The van der Waals surface area contributed by atoms with Crippen LogP contribution in [-0.2, 0) is 9.53 Å². The lowest BCUT2D eigenvalue weighted by atomic mass is 9.43. The molecular weight excluding hydrogens is 751 g/mol. The normalized spacial score (nSPS) is 44.2. The van der Waals surface area contributed by atoms with Crippen LogP contribution in [0.2, 0.25) is 0 Å². The van der Waals surface area contributed by atoms with Gasteiger partial charge in [-0.25, -0.2) is 0 Å². The molecule has 0 aromatic carbocycles. The summed E-state index contributed by atoms with van der Waals surface area (Å²) in [6.07, 6.45) is 9.98. The summed E-state index contributed by atoms with van der Waals surface area (Å²) in [4.78, 5) is 15.1. The van der Waals surface area contributed by atoms with Crippen molar-refractivity contribution < 1.29 is 45.3 Å². The molecule has 334 valence electrons. The summed E-state index contributed by atoms with van der Waals surface area (Å²) in [6, 6.07) is 0. The zero-order chi connectivity index (χ0) is 42.7. The molecule has 1 saturated heterocycles. The number of Topliss-reactive ketones (excluding diaryl/α,β-unsaturated/α-hetero) is 1. The highest BCUT2D eigenvalue weighted by Gasteiger charge is 2.71.